The molecule has 0 bridgehead atoms. The maximum Gasteiger partial charge on any atom is 0.208 e. The number of hydrogen-bond acceptors (Lipinski definition) is 5. The molecule has 0 aromatic heterocycles. The molecule has 0 fully saturated rings. The summed E-state index contributed by atoms with van der Waals surface area (Å²) in [5.41, 5.74) is 0.803. The zero-order valence-electron chi connectivity index (χ0n) is 14.5. The molecule has 8 nitrogen and oxygen atoms in total. The molecule has 1 aromatic carbocycles. The monoisotopic (exact) mass is 358 g/mol. The Kier molecular flexibility index (Phi) is 8.34. The molecule has 3 N–H and O–H groups in total. The number of anilines is 1. The summed E-state index contributed by atoms with van der Waals surface area (Å²) in [6.07, 6.45) is 1.78. The predicted octanol–water partition coefficient (Wildman–Crippen LogP) is 1.02. The minimum atomic E-state index is -3.14. The largest absolute Gasteiger partial charge is 0.493 e. The van der Waals surface area contributed by atoms with Crippen molar-refractivity contribution in [2.24, 2.45) is 4.99 Å². The fourth-order valence-electron chi connectivity index (χ4n) is 1.89. The molecule has 24 heavy (non-hydrogen) atoms. The van der Waals surface area contributed by atoms with Gasteiger partial charge in [-0.2, -0.15) is 0 Å². The van der Waals surface area contributed by atoms with E-state index in [0.29, 0.717) is 43.6 Å². The van der Waals surface area contributed by atoms with Crippen molar-refractivity contribution >= 4 is 21.7 Å². The highest BCUT2D eigenvalue weighted by atomic mass is 32.2. The lowest BCUT2D eigenvalue weighted by molar-refractivity contribution is 0.311. The standard InChI is InChI=1S/C15H26N4O4S/c1-5-23-13-8-7-12(11-14(13)22-3)19-15(16-2)17-9-6-10-18-24(4,20)21/h7-8,11,18H,5-6,9-10H2,1-4H3,(H2,16,17,19). The van der Waals surface area contributed by atoms with Crippen LogP contribution >= 0.6 is 0 Å². The van der Waals surface area contributed by atoms with Crippen LogP contribution < -0.4 is 24.8 Å². The fraction of sp³-hybridized carbons (Fsp3) is 0.533. The first-order chi connectivity index (χ1) is 11.4. The quantitative estimate of drug-likeness (QED) is 0.346. The first-order valence-corrected chi connectivity index (χ1v) is 9.52. The Hall–Kier alpha value is -2.00. The first kappa shape index (κ1) is 20.0. The molecule has 9 heteroatoms. The Morgan fingerprint density at radius 3 is 2.58 bits per heavy atom. The summed E-state index contributed by atoms with van der Waals surface area (Å²) < 4.78 is 35.2. The lowest BCUT2D eigenvalue weighted by Crippen LogP contribution is -2.33. The minimum Gasteiger partial charge on any atom is -0.493 e. The van der Waals surface area contributed by atoms with Crippen LogP contribution in [0.25, 0.3) is 0 Å². The molecule has 0 radical (unpaired) electrons. The molecule has 136 valence electrons. The molecule has 0 aliphatic rings. The second-order valence-electron chi connectivity index (χ2n) is 4.94. The van der Waals surface area contributed by atoms with Crippen molar-refractivity contribution in [3.8, 4) is 11.5 Å². The van der Waals surface area contributed by atoms with E-state index in [-0.39, 0.29) is 0 Å². The van der Waals surface area contributed by atoms with Gasteiger partial charge in [0.25, 0.3) is 0 Å². The number of methoxy groups -OCH3 is 1. The second-order valence-corrected chi connectivity index (χ2v) is 6.78. The van der Waals surface area contributed by atoms with Crippen LogP contribution in [0, 0.1) is 0 Å². The van der Waals surface area contributed by atoms with Crippen molar-refractivity contribution < 1.29 is 17.9 Å². The van der Waals surface area contributed by atoms with Crippen LogP contribution in [0.2, 0.25) is 0 Å². The topological polar surface area (TPSA) is 101 Å². The normalized spacial score (nSPS) is 11.9. The van der Waals surface area contributed by atoms with Crippen LogP contribution in [-0.4, -0.2) is 54.5 Å². The Morgan fingerprint density at radius 2 is 2.00 bits per heavy atom. The first-order valence-electron chi connectivity index (χ1n) is 7.62. The summed E-state index contributed by atoms with van der Waals surface area (Å²) in [5, 5.41) is 6.26. The number of sulfonamides is 1. The number of benzene rings is 1. The van der Waals surface area contributed by atoms with Gasteiger partial charge in [0.15, 0.2) is 17.5 Å². The van der Waals surface area contributed by atoms with Crippen LogP contribution in [0.5, 0.6) is 11.5 Å². The van der Waals surface area contributed by atoms with Gasteiger partial charge in [0.2, 0.25) is 10.0 Å². The summed E-state index contributed by atoms with van der Waals surface area (Å²) in [7, 11) is 0.104. The molecule has 0 saturated carbocycles. The number of nitrogens with zero attached hydrogens (tertiary/aromatic N) is 1. The van der Waals surface area contributed by atoms with E-state index in [9.17, 15) is 8.42 Å². The van der Waals surface area contributed by atoms with Crippen LogP contribution in [0.15, 0.2) is 23.2 Å². The van der Waals surface area contributed by atoms with E-state index in [4.69, 9.17) is 9.47 Å². The molecule has 1 rings (SSSR count). The Bertz CT molecular complexity index is 647. The third kappa shape index (κ3) is 7.51. The molecular weight excluding hydrogens is 332 g/mol. The third-order valence-corrected chi connectivity index (χ3v) is 3.69. The van der Waals surface area contributed by atoms with Crippen LogP contribution in [0.1, 0.15) is 13.3 Å². The SMILES string of the molecule is CCOc1ccc(NC(=NC)NCCCNS(C)(=O)=O)cc1OC. The third-order valence-electron chi connectivity index (χ3n) is 2.96. The number of aliphatic imine (C=N–C) groups is 1. The Labute approximate surface area is 143 Å². The maximum atomic E-state index is 11.0. The fourth-order valence-corrected chi connectivity index (χ4v) is 2.40. The Balaban J connectivity index is 2.53. The molecule has 0 saturated heterocycles. The summed E-state index contributed by atoms with van der Waals surface area (Å²) in [6.45, 7) is 3.43. The van der Waals surface area contributed by atoms with Crippen LogP contribution in [0.3, 0.4) is 0 Å². The lowest BCUT2D eigenvalue weighted by Gasteiger charge is -2.14. The lowest BCUT2D eigenvalue weighted by atomic mass is 10.2. The number of guanidine groups is 1. The second kappa shape index (κ2) is 9.99. The van der Waals surface area contributed by atoms with Gasteiger partial charge >= 0.3 is 0 Å². The summed E-state index contributed by atoms with van der Waals surface area (Å²) in [5.74, 6) is 1.90. The highest BCUT2D eigenvalue weighted by Gasteiger charge is 2.07. The van der Waals surface area contributed by atoms with E-state index in [1.54, 1.807) is 14.2 Å². The molecule has 0 spiro atoms. The summed E-state index contributed by atoms with van der Waals surface area (Å²) in [6, 6.07) is 5.52. The molecule has 0 amide bonds. The molecular formula is C15H26N4O4S. The number of hydrogen-bond donors (Lipinski definition) is 3. The summed E-state index contributed by atoms with van der Waals surface area (Å²) >= 11 is 0. The van der Waals surface area contributed by atoms with Gasteiger partial charge in [0.1, 0.15) is 0 Å². The average molecular weight is 358 g/mol. The Morgan fingerprint density at radius 1 is 1.25 bits per heavy atom. The van der Waals surface area contributed by atoms with Gasteiger partial charge in [-0.15, -0.1) is 0 Å². The molecule has 0 unspecified atom stereocenters. The van der Waals surface area contributed by atoms with Crippen LogP contribution in [-0.2, 0) is 10.0 Å². The van der Waals surface area contributed by atoms with Crippen molar-refractivity contribution in [3.63, 3.8) is 0 Å². The van der Waals surface area contributed by atoms with E-state index in [1.165, 1.54) is 0 Å². The minimum absolute atomic E-state index is 0.375. The number of nitrogens with one attached hydrogen (secondary N) is 3. The van der Waals surface area contributed by atoms with Gasteiger partial charge in [-0.1, -0.05) is 0 Å². The highest BCUT2D eigenvalue weighted by molar-refractivity contribution is 7.88. The van der Waals surface area contributed by atoms with Crippen LogP contribution in [0.4, 0.5) is 5.69 Å². The number of rotatable bonds is 9. The van der Waals surface area contributed by atoms with E-state index in [1.807, 2.05) is 25.1 Å². The van der Waals surface area contributed by atoms with Gasteiger partial charge in [-0.25, -0.2) is 13.1 Å². The zero-order chi connectivity index (χ0) is 18.0. The van der Waals surface area contributed by atoms with Gasteiger partial charge in [0.05, 0.1) is 20.0 Å². The maximum absolute atomic E-state index is 11.0. The zero-order valence-corrected chi connectivity index (χ0v) is 15.4. The van der Waals surface area contributed by atoms with E-state index >= 15 is 0 Å². The van der Waals surface area contributed by atoms with Crippen molar-refractivity contribution in [1.29, 1.82) is 0 Å². The van der Waals surface area contributed by atoms with Gasteiger partial charge < -0.3 is 20.1 Å². The van der Waals surface area contributed by atoms with Crippen molar-refractivity contribution in [2.45, 2.75) is 13.3 Å². The predicted molar refractivity (Wildman–Crippen MR) is 96.6 cm³/mol. The molecule has 0 atom stereocenters. The van der Waals surface area contributed by atoms with E-state index < -0.39 is 10.0 Å². The van der Waals surface area contributed by atoms with Crippen molar-refractivity contribution in [1.82, 2.24) is 10.0 Å². The van der Waals surface area contributed by atoms with Crippen molar-refractivity contribution in [3.05, 3.63) is 18.2 Å². The smallest absolute Gasteiger partial charge is 0.208 e. The molecule has 1 aromatic rings. The van der Waals surface area contributed by atoms with Gasteiger partial charge in [-0.3, -0.25) is 4.99 Å². The average Bonchev–Trinajstić information content (AvgIpc) is 2.53. The summed E-state index contributed by atoms with van der Waals surface area (Å²) in [4.78, 5) is 4.13. The molecule has 0 heterocycles. The van der Waals surface area contributed by atoms with Gasteiger partial charge in [0, 0.05) is 31.9 Å². The van der Waals surface area contributed by atoms with Gasteiger partial charge in [-0.05, 0) is 25.5 Å². The number of ether oxygens (including phenoxy) is 2. The molecule has 0 aliphatic heterocycles. The van der Waals surface area contributed by atoms with Crippen molar-refractivity contribution in [2.75, 3.05) is 45.4 Å². The van der Waals surface area contributed by atoms with E-state index in [2.05, 4.69) is 20.3 Å². The highest BCUT2D eigenvalue weighted by Crippen LogP contribution is 2.30. The molecule has 0 aliphatic carbocycles. The van der Waals surface area contributed by atoms with E-state index in [0.717, 1.165) is 11.9 Å².